The first-order chi connectivity index (χ1) is 14.3. The van der Waals surface area contributed by atoms with Crippen LogP contribution in [0.25, 0.3) is 0 Å². The van der Waals surface area contributed by atoms with E-state index in [1.807, 2.05) is 30.0 Å². The first-order valence-electron chi connectivity index (χ1n) is 10.8. The summed E-state index contributed by atoms with van der Waals surface area (Å²) < 4.78 is 6.03. The predicted octanol–water partition coefficient (Wildman–Crippen LogP) is 3.99. The van der Waals surface area contributed by atoms with Crippen LogP contribution in [0, 0.1) is 5.92 Å². The molecular weight excluding hydrogens is 384 g/mol. The third kappa shape index (κ3) is 5.75. The summed E-state index contributed by atoms with van der Waals surface area (Å²) in [7, 11) is 0. The lowest BCUT2D eigenvalue weighted by atomic mass is 9.87. The number of hydrogen-bond acceptors (Lipinski definition) is 6. The standard InChI is InChI=1S/C22H30N4O2S/c27-20(16-18-9-5-2-6-10-18)23-19(15-17-7-3-1-4-8-17)21-24-25-22(28-21)26-11-13-29-14-12-26/h1,3-4,7-8,18-19H,2,5-6,9-16H2,(H,23,27)/t19-/m1/s1. The maximum absolute atomic E-state index is 12.8. The number of amides is 1. The highest BCUT2D eigenvalue weighted by Gasteiger charge is 2.25. The van der Waals surface area contributed by atoms with Gasteiger partial charge in [0.15, 0.2) is 0 Å². The molecule has 0 spiro atoms. The maximum Gasteiger partial charge on any atom is 0.318 e. The van der Waals surface area contributed by atoms with E-state index < -0.39 is 0 Å². The van der Waals surface area contributed by atoms with Crippen molar-refractivity contribution in [3.63, 3.8) is 0 Å². The van der Waals surface area contributed by atoms with Crippen LogP contribution in [0.15, 0.2) is 34.7 Å². The molecule has 1 saturated heterocycles. The molecule has 6 nitrogen and oxygen atoms in total. The highest BCUT2D eigenvalue weighted by molar-refractivity contribution is 7.99. The number of hydrogen-bond donors (Lipinski definition) is 1. The summed E-state index contributed by atoms with van der Waals surface area (Å²) in [6, 6.07) is 10.4. The molecule has 156 valence electrons. The number of nitrogens with one attached hydrogen (secondary N) is 1. The SMILES string of the molecule is O=C(CC1CCCCC1)N[C@H](Cc1ccccc1)c1nnc(N2CCSCC2)o1. The topological polar surface area (TPSA) is 71.3 Å². The van der Waals surface area contributed by atoms with Crippen molar-refractivity contribution in [3.05, 3.63) is 41.8 Å². The van der Waals surface area contributed by atoms with E-state index in [9.17, 15) is 4.79 Å². The highest BCUT2D eigenvalue weighted by atomic mass is 32.2. The lowest BCUT2D eigenvalue weighted by Crippen LogP contribution is -2.33. The smallest absolute Gasteiger partial charge is 0.318 e. The van der Waals surface area contributed by atoms with Gasteiger partial charge in [0.25, 0.3) is 0 Å². The van der Waals surface area contributed by atoms with Gasteiger partial charge in [0, 0.05) is 37.4 Å². The first kappa shape index (κ1) is 20.3. The molecule has 2 fully saturated rings. The van der Waals surface area contributed by atoms with Crippen LogP contribution in [0.5, 0.6) is 0 Å². The molecule has 29 heavy (non-hydrogen) atoms. The lowest BCUT2D eigenvalue weighted by Gasteiger charge is -2.24. The molecule has 1 N–H and O–H groups in total. The fourth-order valence-electron chi connectivity index (χ4n) is 4.21. The van der Waals surface area contributed by atoms with Crippen molar-refractivity contribution in [2.24, 2.45) is 5.92 Å². The van der Waals surface area contributed by atoms with Crippen molar-refractivity contribution < 1.29 is 9.21 Å². The second kappa shape index (κ2) is 10.1. The zero-order valence-electron chi connectivity index (χ0n) is 16.9. The average molecular weight is 415 g/mol. The van der Waals surface area contributed by atoms with Crippen LogP contribution in [-0.2, 0) is 11.2 Å². The molecular formula is C22H30N4O2S. The fourth-order valence-corrected chi connectivity index (χ4v) is 5.11. The summed E-state index contributed by atoms with van der Waals surface area (Å²) in [6.07, 6.45) is 7.35. The van der Waals surface area contributed by atoms with Gasteiger partial charge in [-0.05, 0) is 24.3 Å². The summed E-state index contributed by atoms with van der Waals surface area (Å²) in [4.78, 5) is 14.9. The van der Waals surface area contributed by atoms with Crippen molar-refractivity contribution in [2.75, 3.05) is 29.5 Å². The predicted molar refractivity (Wildman–Crippen MR) is 116 cm³/mol. The summed E-state index contributed by atoms with van der Waals surface area (Å²) in [5.41, 5.74) is 1.14. The fraction of sp³-hybridized carbons (Fsp3) is 0.591. The van der Waals surface area contributed by atoms with Crippen LogP contribution >= 0.6 is 11.8 Å². The maximum atomic E-state index is 12.8. The van der Waals surface area contributed by atoms with E-state index in [0.29, 0.717) is 30.7 Å². The molecule has 1 aromatic heterocycles. The molecule has 1 atom stereocenters. The van der Waals surface area contributed by atoms with Gasteiger partial charge in [-0.1, -0.05) is 54.7 Å². The summed E-state index contributed by atoms with van der Waals surface area (Å²) in [5, 5.41) is 11.8. The zero-order valence-corrected chi connectivity index (χ0v) is 17.7. The number of rotatable bonds is 7. The number of aromatic nitrogens is 2. The number of anilines is 1. The number of thioether (sulfide) groups is 1. The molecule has 1 aromatic carbocycles. The summed E-state index contributed by atoms with van der Waals surface area (Å²) >= 11 is 1.94. The summed E-state index contributed by atoms with van der Waals surface area (Å²) in [6.45, 7) is 1.84. The number of carbonyl (C=O) groups excluding carboxylic acids is 1. The van der Waals surface area contributed by atoms with E-state index in [-0.39, 0.29) is 11.9 Å². The Bertz CT molecular complexity index is 770. The van der Waals surface area contributed by atoms with Gasteiger partial charge in [0.1, 0.15) is 6.04 Å². The molecule has 2 aliphatic rings. The van der Waals surface area contributed by atoms with Crippen molar-refractivity contribution in [2.45, 2.75) is 51.0 Å². The van der Waals surface area contributed by atoms with Crippen LogP contribution < -0.4 is 10.2 Å². The molecule has 1 aliphatic carbocycles. The van der Waals surface area contributed by atoms with Gasteiger partial charge >= 0.3 is 6.01 Å². The van der Waals surface area contributed by atoms with E-state index in [4.69, 9.17) is 4.42 Å². The quantitative estimate of drug-likeness (QED) is 0.739. The van der Waals surface area contributed by atoms with Gasteiger partial charge in [-0.15, -0.1) is 5.10 Å². The molecule has 1 amide bonds. The minimum Gasteiger partial charge on any atom is -0.406 e. The number of nitrogens with zero attached hydrogens (tertiary/aromatic N) is 3. The second-order valence-corrected chi connectivity index (χ2v) is 9.27. The normalized spacial score (nSPS) is 19.1. The Morgan fingerprint density at radius 3 is 2.66 bits per heavy atom. The van der Waals surface area contributed by atoms with Gasteiger partial charge in [-0.2, -0.15) is 11.8 Å². The molecule has 0 bridgehead atoms. The molecule has 4 rings (SSSR count). The van der Waals surface area contributed by atoms with Gasteiger partial charge in [0.05, 0.1) is 0 Å². The Morgan fingerprint density at radius 2 is 1.90 bits per heavy atom. The first-order valence-corrected chi connectivity index (χ1v) is 11.9. The largest absolute Gasteiger partial charge is 0.406 e. The third-order valence-corrected chi connectivity index (χ3v) is 6.77. The van der Waals surface area contributed by atoms with Crippen LogP contribution in [0.1, 0.15) is 56.0 Å². The minimum absolute atomic E-state index is 0.0898. The Kier molecular flexibility index (Phi) is 7.09. The van der Waals surface area contributed by atoms with Crippen LogP contribution in [-0.4, -0.2) is 40.7 Å². The van der Waals surface area contributed by atoms with Crippen molar-refractivity contribution >= 4 is 23.7 Å². The molecule has 0 unspecified atom stereocenters. The zero-order chi connectivity index (χ0) is 19.9. The van der Waals surface area contributed by atoms with E-state index in [1.54, 1.807) is 0 Å². The third-order valence-electron chi connectivity index (χ3n) is 5.83. The van der Waals surface area contributed by atoms with Crippen molar-refractivity contribution in [3.8, 4) is 0 Å². The number of carbonyl (C=O) groups is 1. The monoisotopic (exact) mass is 414 g/mol. The van der Waals surface area contributed by atoms with Gasteiger partial charge < -0.3 is 14.6 Å². The Hall–Kier alpha value is -2.02. The molecule has 2 heterocycles. The lowest BCUT2D eigenvalue weighted by molar-refractivity contribution is -0.123. The molecule has 7 heteroatoms. The molecule has 2 aromatic rings. The van der Waals surface area contributed by atoms with Gasteiger partial charge in [-0.25, -0.2) is 0 Å². The van der Waals surface area contributed by atoms with Gasteiger partial charge in [0.2, 0.25) is 11.8 Å². The minimum atomic E-state index is -0.297. The van der Waals surface area contributed by atoms with Gasteiger partial charge in [-0.3, -0.25) is 4.79 Å². The Balaban J connectivity index is 1.45. The second-order valence-electron chi connectivity index (χ2n) is 8.04. The molecule has 1 aliphatic heterocycles. The average Bonchev–Trinajstić information content (AvgIpc) is 3.26. The summed E-state index contributed by atoms with van der Waals surface area (Å²) in [5.74, 6) is 3.24. The van der Waals surface area contributed by atoms with E-state index >= 15 is 0 Å². The van der Waals surface area contributed by atoms with Crippen LogP contribution in [0.4, 0.5) is 6.01 Å². The van der Waals surface area contributed by atoms with E-state index in [1.165, 1.54) is 19.3 Å². The Labute approximate surface area is 176 Å². The van der Waals surface area contributed by atoms with Crippen LogP contribution in [0.3, 0.4) is 0 Å². The van der Waals surface area contributed by atoms with Crippen LogP contribution in [0.2, 0.25) is 0 Å². The van der Waals surface area contributed by atoms with E-state index in [0.717, 1.165) is 43.0 Å². The number of benzene rings is 1. The molecule has 0 radical (unpaired) electrons. The van der Waals surface area contributed by atoms with Crippen molar-refractivity contribution in [1.82, 2.24) is 15.5 Å². The highest BCUT2D eigenvalue weighted by Crippen LogP contribution is 2.27. The molecule has 1 saturated carbocycles. The van der Waals surface area contributed by atoms with E-state index in [2.05, 4.69) is 32.5 Å². The van der Waals surface area contributed by atoms with Crippen molar-refractivity contribution in [1.29, 1.82) is 0 Å². The Morgan fingerprint density at radius 1 is 1.14 bits per heavy atom.